The van der Waals surface area contributed by atoms with E-state index >= 15 is 0 Å². The van der Waals surface area contributed by atoms with E-state index in [9.17, 15) is 10.0 Å². The van der Waals surface area contributed by atoms with Crippen molar-refractivity contribution in [2.24, 2.45) is 4.99 Å². The van der Waals surface area contributed by atoms with Crippen LogP contribution >= 0.6 is 0 Å². The van der Waals surface area contributed by atoms with Crippen LogP contribution in [0.2, 0.25) is 0 Å². The number of rotatable bonds is 14. The number of hydrogen-bond acceptors (Lipinski definition) is 3. The van der Waals surface area contributed by atoms with Crippen LogP contribution in [0.15, 0.2) is 4.99 Å². The van der Waals surface area contributed by atoms with Gasteiger partial charge in [-0.25, -0.2) is 4.99 Å². The lowest BCUT2D eigenvalue weighted by Gasteiger charge is -2.43. The monoisotopic (exact) mass is 353 g/mol. The Morgan fingerprint density at radius 3 is 2.12 bits per heavy atom. The van der Waals surface area contributed by atoms with E-state index in [2.05, 4.69) is 17.2 Å². The smallest absolute Gasteiger partial charge is 0.221 e. The molecule has 5 nitrogen and oxygen atoms in total. The summed E-state index contributed by atoms with van der Waals surface area (Å²) in [5.41, 5.74) is 0. The third-order valence-electron chi connectivity index (χ3n) is 5.21. The number of amidine groups is 1. The summed E-state index contributed by atoms with van der Waals surface area (Å²) in [4.78, 5) is 15.6. The highest BCUT2D eigenvalue weighted by atomic mass is 16.6. The van der Waals surface area contributed by atoms with E-state index in [1.165, 1.54) is 71.1 Å². The van der Waals surface area contributed by atoms with E-state index in [0.29, 0.717) is 13.1 Å². The summed E-state index contributed by atoms with van der Waals surface area (Å²) >= 11 is 0. The number of nitrogens with zero attached hydrogens (tertiary/aromatic N) is 2. The Morgan fingerprint density at radius 2 is 1.60 bits per heavy atom. The van der Waals surface area contributed by atoms with E-state index in [1.807, 2.05) is 0 Å². The molecule has 0 saturated carbocycles. The van der Waals surface area contributed by atoms with Gasteiger partial charge in [0.25, 0.3) is 0 Å². The lowest BCUT2D eigenvalue weighted by atomic mass is 10.0. The van der Waals surface area contributed by atoms with Crippen LogP contribution in [0.4, 0.5) is 0 Å². The molecule has 0 aromatic rings. The summed E-state index contributed by atoms with van der Waals surface area (Å²) in [5, 5.41) is 15.7. The number of quaternary nitrogens is 1. The molecule has 1 aliphatic rings. The maximum absolute atomic E-state index is 13.0. The molecule has 25 heavy (non-hydrogen) atoms. The Hall–Kier alpha value is -0.940. The number of hydrogen-bond donors (Lipinski definition) is 1. The first-order valence-corrected chi connectivity index (χ1v) is 10.4. The summed E-state index contributed by atoms with van der Waals surface area (Å²) in [6.07, 6.45) is 14.7. The topological polar surface area (TPSA) is 64.5 Å². The van der Waals surface area contributed by atoms with Crippen molar-refractivity contribution in [2.45, 2.75) is 104 Å². The van der Waals surface area contributed by atoms with Crippen molar-refractivity contribution in [3.05, 3.63) is 5.21 Å². The molecule has 0 bridgehead atoms. The number of amides is 1. The molecule has 0 spiro atoms. The second-order valence-electron chi connectivity index (χ2n) is 7.48. The maximum Gasteiger partial charge on any atom is 0.221 e. The molecule has 0 aromatic heterocycles. The third kappa shape index (κ3) is 8.32. The van der Waals surface area contributed by atoms with E-state index in [4.69, 9.17) is 0 Å². The number of carbonyl (C=O) groups is 1. The van der Waals surface area contributed by atoms with Crippen LogP contribution in [0.3, 0.4) is 0 Å². The standard InChI is InChI=1S/C20H39N3O2/c1-4-5-6-7-8-9-10-11-12-13-14-15-20-21-16-17-23(20,25)18(2)22-19(3)24/h18H,4-17H2,1-3H3,(H,22,24). The zero-order chi connectivity index (χ0) is 18.5. The molecule has 0 aliphatic carbocycles. The second-order valence-corrected chi connectivity index (χ2v) is 7.48. The number of hydroxylamine groups is 3. The van der Waals surface area contributed by atoms with Gasteiger partial charge in [0.1, 0.15) is 6.54 Å². The van der Waals surface area contributed by atoms with Crippen molar-refractivity contribution in [2.75, 3.05) is 13.1 Å². The Labute approximate surface area is 154 Å². The van der Waals surface area contributed by atoms with Gasteiger partial charge in [-0.1, -0.05) is 71.1 Å². The minimum Gasteiger partial charge on any atom is -0.625 e. The maximum atomic E-state index is 13.0. The number of aliphatic imine (C=N–C) groups is 1. The van der Waals surface area contributed by atoms with E-state index in [1.54, 1.807) is 6.92 Å². The predicted octanol–water partition coefficient (Wildman–Crippen LogP) is 4.90. The molecule has 1 rings (SSSR count). The molecule has 1 heterocycles. The molecule has 1 aliphatic heterocycles. The van der Waals surface area contributed by atoms with E-state index in [-0.39, 0.29) is 5.91 Å². The van der Waals surface area contributed by atoms with Crippen LogP contribution in [-0.4, -0.2) is 35.6 Å². The zero-order valence-corrected chi connectivity index (χ0v) is 16.7. The highest BCUT2D eigenvalue weighted by Gasteiger charge is 2.35. The highest BCUT2D eigenvalue weighted by molar-refractivity contribution is 5.78. The number of nitrogens with one attached hydrogen (secondary N) is 1. The van der Waals surface area contributed by atoms with Gasteiger partial charge in [-0.3, -0.25) is 9.44 Å². The van der Waals surface area contributed by atoms with Crippen LogP contribution in [-0.2, 0) is 4.79 Å². The van der Waals surface area contributed by atoms with Gasteiger partial charge >= 0.3 is 0 Å². The third-order valence-corrected chi connectivity index (χ3v) is 5.21. The van der Waals surface area contributed by atoms with Crippen molar-refractivity contribution in [1.82, 2.24) is 5.32 Å². The fourth-order valence-corrected chi connectivity index (χ4v) is 3.61. The van der Waals surface area contributed by atoms with E-state index in [0.717, 1.165) is 18.7 Å². The zero-order valence-electron chi connectivity index (χ0n) is 16.7. The van der Waals surface area contributed by atoms with Crippen LogP contribution in [0, 0.1) is 5.21 Å². The molecule has 2 unspecified atom stereocenters. The minimum absolute atomic E-state index is 0.151. The summed E-state index contributed by atoms with van der Waals surface area (Å²) in [5.74, 6) is 0.568. The van der Waals surface area contributed by atoms with Crippen molar-refractivity contribution in [3.63, 3.8) is 0 Å². The fourth-order valence-electron chi connectivity index (χ4n) is 3.61. The first-order chi connectivity index (χ1) is 12.0. The summed E-state index contributed by atoms with van der Waals surface area (Å²) in [6.45, 7) is 6.54. The molecule has 5 heteroatoms. The van der Waals surface area contributed by atoms with Crippen molar-refractivity contribution >= 4 is 11.7 Å². The van der Waals surface area contributed by atoms with Gasteiger partial charge < -0.3 is 10.5 Å². The number of carbonyl (C=O) groups excluding carboxylic acids is 1. The van der Waals surface area contributed by atoms with Gasteiger partial charge in [-0.2, -0.15) is 0 Å². The largest absolute Gasteiger partial charge is 0.625 e. The lowest BCUT2D eigenvalue weighted by molar-refractivity contribution is -0.812. The average molecular weight is 354 g/mol. The summed E-state index contributed by atoms with van der Waals surface area (Å²) in [7, 11) is 0. The number of unbranched alkanes of at least 4 members (excludes halogenated alkanes) is 10. The minimum atomic E-state index is -0.461. The molecule has 0 radical (unpaired) electrons. The summed E-state index contributed by atoms with van der Waals surface area (Å²) in [6, 6.07) is 0. The van der Waals surface area contributed by atoms with Crippen molar-refractivity contribution in [3.8, 4) is 0 Å². The second kappa shape index (κ2) is 12.4. The predicted molar refractivity (Wildman–Crippen MR) is 105 cm³/mol. The Kier molecular flexibility index (Phi) is 11.0. The van der Waals surface area contributed by atoms with E-state index < -0.39 is 10.8 Å². The first kappa shape index (κ1) is 22.1. The quantitative estimate of drug-likeness (QED) is 0.274. The van der Waals surface area contributed by atoms with Crippen molar-refractivity contribution in [1.29, 1.82) is 0 Å². The molecule has 1 amide bonds. The van der Waals surface area contributed by atoms with Gasteiger partial charge in [0, 0.05) is 20.3 Å². The molecule has 0 aromatic carbocycles. The first-order valence-electron chi connectivity index (χ1n) is 10.4. The van der Waals surface area contributed by atoms with Gasteiger partial charge in [0.2, 0.25) is 5.91 Å². The molecule has 146 valence electrons. The molecule has 2 atom stereocenters. The molecular formula is C20H39N3O2. The fraction of sp³-hybridized carbons (Fsp3) is 0.900. The molecular weight excluding hydrogens is 314 g/mol. The Bertz CT molecular complexity index is 412. The van der Waals surface area contributed by atoms with Crippen molar-refractivity contribution < 1.29 is 9.44 Å². The lowest BCUT2D eigenvalue weighted by Crippen LogP contribution is -2.58. The normalized spacial score (nSPS) is 21.2. The van der Waals surface area contributed by atoms with Crippen LogP contribution in [0.1, 0.15) is 97.8 Å². The van der Waals surface area contributed by atoms with Crippen LogP contribution in [0.25, 0.3) is 0 Å². The Balaban J connectivity index is 2.10. The van der Waals surface area contributed by atoms with Gasteiger partial charge in [0.05, 0.1) is 6.54 Å². The molecule has 1 N–H and O–H groups in total. The van der Waals surface area contributed by atoms with Gasteiger partial charge in [-0.15, -0.1) is 0 Å². The highest BCUT2D eigenvalue weighted by Crippen LogP contribution is 2.21. The van der Waals surface area contributed by atoms with Crippen LogP contribution < -0.4 is 5.32 Å². The Morgan fingerprint density at radius 1 is 1.08 bits per heavy atom. The van der Waals surface area contributed by atoms with Crippen LogP contribution in [0.5, 0.6) is 0 Å². The molecule has 0 saturated heterocycles. The molecule has 0 fully saturated rings. The average Bonchev–Trinajstić information content (AvgIpc) is 2.94. The van der Waals surface area contributed by atoms with Gasteiger partial charge in [0.15, 0.2) is 12.0 Å². The SMILES string of the molecule is CCCCCCCCCCCCCC1=NCC[N+]1([O-])C(C)NC(C)=O. The van der Waals surface area contributed by atoms with Gasteiger partial charge in [-0.05, 0) is 6.42 Å². The summed E-state index contributed by atoms with van der Waals surface area (Å²) < 4.78 is -0.461.